The molecule has 0 bridgehead atoms. The Labute approximate surface area is 146 Å². The van der Waals surface area contributed by atoms with Gasteiger partial charge in [-0.1, -0.05) is 17.7 Å². The topological polar surface area (TPSA) is 101 Å². The largest absolute Gasteiger partial charge is 0.385 e. The lowest BCUT2D eigenvalue weighted by molar-refractivity contribution is 0.604. The third-order valence-electron chi connectivity index (χ3n) is 3.39. The van der Waals surface area contributed by atoms with Crippen LogP contribution in [0.15, 0.2) is 46.7 Å². The SMILES string of the molecule is Cc1ccc(S(=O)(=O)C=C(N)NCCSCc2[nH]cnc2C)cc1. The van der Waals surface area contributed by atoms with Crippen LogP contribution in [0.3, 0.4) is 0 Å². The molecule has 2 rings (SSSR count). The Morgan fingerprint density at radius 2 is 2.04 bits per heavy atom. The summed E-state index contributed by atoms with van der Waals surface area (Å²) in [6, 6.07) is 6.69. The third-order valence-corrected chi connectivity index (χ3v) is 5.87. The van der Waals surface area contributed by atoms with Crippen LogP contribution in [0.4, 0.5) is 0 Å². The van der Waals surface area contributed by atoms with E-state index in [1.165, 1.54) is 0 Å². The van der Waals surface area contributed by atoms with E-state index in [-0.39, 0.29) is 10.7 Å². The highest BCUT2D eigenvalue weighted by Gasteiger charge is 2.11. The number of nitrogens with zero attached hydrogens (tertiary/aromatic N) is 1. The predicted molar refractivity (Wildman–Crippen MR) is 98.1 cm³/mol. The number of H-pyrrole nitrogens is 1. The Bertz CT molecular complexity index is 796. The third kappa shape index (κ3) is 5.31. The van der Waals surface area contributed by atoms with E-state index in [0.717, 1.165) is 33.9 Å². The van der Waals surface area contributed by atoms with Crippen molar-refractivity contribution in [2.75, 3.05) is 12.3 Å². The first-order valence-electron chi connectivity index (χ1n) is 7.48. The number of hydrogen-bond acceptors (Lipinski definition) is 6. The molecule has 6 nitrogen and oxygen atoms in total. The number of aromatic nitrogens is 2. The zero-order valence-corrected chi connectivity index (χ0v) is 15.4. The second-order valence-electron chi connectivity index (χ2n) is 5.38. The van der Waals surface area contributed by atoms with E-state index < -0.39 is 9.84 Å². The number of benzene rings is 1. The maximum absolute atomic E-state index is 12.2. The number of nitrogens with two attached hydrogens (primary N) is 1. The molecule has 1 aromatic carbocycles. The van der Waals surface area contributed by atoms with Crippen LogP contribution in [-0.2, 0) is 15.6 Å². The monoisotopic (exact) mass is 366 g/mol. The van der Waals surface area contributed by atoms with Gasteiger partial charge in [-0.15, -0.1) is 0 Å². The number of imidazole rings is 1. The van der Waals surface area contributed by atoms with Crippen molar-refractivity contribution in [1.29, 1.82) is 0 Å². The minimum absolute atomic E-state index is 0.147. The summed E-state index contributed by atoms with van der Waals surface area (Å²) < 4.78 is 24.4. The quantitative estimate of drug-likeness (QED) is 0.619. The van der Waals surface area contributed by atoms with Crippen LogP contribution in [0.5, 0.6) is 0 Å². The van der Waals surface area contributed by atoms with Gasteiger partial charge in [0, 0.05) is 23.7 Å². The van der Waals surface area contributed by atoms with Gasteiger partial charge in [0.15, 0.2) is 0 Å². The van der Waals surface area contributed by atoms with Gasteiger partial charge >= 0.3 is 0 Å². The molecule has 4 N–H and O–H groups in total. The molecule has 8 heteroatoms. The molecule has 0 saturated carbocycles. The second kappa shape index (κ2) is 8.25. The van der Waals surface area contributed by atoms with Gasteiger partial charge in [-0.25, -0.2) is 13.4 Å². The van der Waals surface area contributed by atoms with Crippen LogP contribution in [0.1, 0.15) is 17.0 Å². The van der Waals surface area contributed by atoms with Crippen LogP contribution in [-0.4, -0.2) is 30.7 Å². The van der Waals surface area contributed by atoms with E-state index in [2.05, 4.69) is 15.3 Å². The fourth-order valence-electron chi connectivity index (χ4n) is 1.98. The molecule has 0 aliphatic heterocycles. The molecule has 2 aromatic rings. The Morgan fingerprint density at radius 1 is 1.33 bits per heavy atom. The van der Waals surface area contributed by atoms with E-state index in [1.54, 1.807) is 42.4 Å². The summed E-state index contributed by atoms with van der Waals surface area (Å²) >= 11 is 1.72. The van der Waals surface area contributed by atoms with Crippen molar-refractivity contribution >= 4 is 21.6 Å². The van der Waals surface area contributed by atoms with E-state index in [1.807, 2.05) is 13.8 Å². The molecule has 0 saturated heterocycles. The fraction of sp³-hybridized carbons (Fsp3) is 0.312. The van der Waals surface area contributed by atoms with Gasteiger partial charge in [0.1, 0.15) is 5.82 Å². The summed E-state index contributed by atoms with van der Waals surface area (Å²) in [5.74, 6) is 1.78. The van der Waals surface area contributed by atoms with Crippen molar-refractivity contribution in [2.24, 2.45) is 5.73 Å². The molecule has 1 heterocycles. The van der Waals surface area contributed by atoms with Crippen LogP contribution in [0.25, 0.3) is 0 Å². The molecule has 1 aromatic heterocycles. The average Bonchev–Trinajstić information content (AvgIpc) is 2.92. The Morgan fingerprint density at radius 3 is 2.67 bits per heavy atom. The lowest BCUT2D eigenvalue weighted by Gasteiger charge is -2.07. The minimum atomic E-state index is -3.53. The van der Waals surface area contributed by atoms with Crippen molar-refractivity contribution in [3.05, 3.63) is 58.8 Å². The number of aryl methyl sites for hydroxylation is 2. The summed E-state index contributed by atoms with van der Waals surface area (Å²) in [6.45, 7) is 4.45. The van der Waals surface area contributed by atoms with Crippen molar-refractivity contribution in [3.63, 3.8) is 0 Å². The van der Waals surface area contributed by atoms with Gasteiger partial charge in [0.2, 0.25) is 9.84 Å². The Balaban J connectivity index is 1.81. The van der Waals surface area contributed by atoms with Gasteiger partial charge < -0.3 is 16.0 Å². The Kier molecular flexibility index (Phi) is 6.33. The molecule has 24 heavy (non-hydrogen) atoms. The second-order valence-corrected chi connectivity index (χ2v) is 8.28. The molecule has 0 atom stereocenters. The molecule has 0 aliphatic carbocycles. The first-order valence-corrected chi connectivity index (χ1v) is 10.2. The molecule has 130 valence electrons. The van der Waals surface area contributed by atoms with E-state index in [4.69, 9.17) is 5.73 Å². The van der Waals surface area contributed by atoms with Gasteiger partial charge in [-0.2, -0.15) is 11.8 Å². The van der Waals surface area contributed by atoms with E-state index >= 15 is 0 Å². The first-order chi connectivity index (χ1) is 11.4. The van der Waals surface area contributed by atoms with Crippen molar-refractivity contribution in [3.8, 4) is 0 Å². The van der Waals surface area contributed by atoms with E-state index in [9.17, 15) is 8.42 Å². The molecule has 0 aliphatic rings. The fourth-order valence-corrected chi connectivity index (χ4v) is 3.94. The summed E-state index contributed by atoms with van der Waals surface area (Å²) in [4.78, 5) is 7.47. The van der Waals surface area contributed by atoms with Crippen LogP contribution in [0, 0.1) is 13.8 Å². The van der Waals surface area contributed by atoms with Crippen molar-refractivity contribution < 1.29 is 8.42 Å². The van der Waals surface area contributed by atoms with Gasteiger partial charge in [-0.05, 0) is 26.0 Å². The Hall–Kier alpha value is -1.93. The molecule has 0 spiro atoms. The summed E-state index contributed by atoms with van der Waals surface area (Å²) in [5, 5.41) is 4.00. The highest BCUT2D eigenvalue weighted by Crippen LogP contribution is 2.14. The van der Waals surface area contributed by atoms with Crippen LogP contribution < -0.4 is 11.1 Å². The minimum Gasteiger partial charge on any atom is -0.385 e. The lowest BCUT2D eigenvalue weighted by atomic mass is 10.2. The first kappa shape index (κ1) is 18.4. The predicted octanol–water partition coefficient (Wildman–Crippen LogP) is 2.08. The lowest BCUT2D eigenvalue weighted by Crippen LogP contribution is -2.23. The van der Waals surface area contributed by atoms with Crippen molar-refractivity contribution in [1.82, 2.24) is 15.3 Å². The molecular weight excluding hydrogens is 344 g/mol. The number of aromatic amines is 1. The van der Waals surface area contributed by atoms with E-state index in [0.29, 0.717) is 6.54 Å². The summed E-state index contributed by atoms with van der Waals surface area (Å²) in [5.41, 5.74) is 8.88. The maximum atomic E-state index is 12.2. The molecular formula is C16H22N4O2S2. The molecule has 0 unspecified atom stereocenters. The van der Waals surface area contributed by atoms with Gasteiger partial charge in [-0.3, -0.25) is 0 Å². The smallest absolute Gasteiger partial charge is 0.203 e. The van der Waals surface area contributed by atoms with Crippen LogP contribution in [0.2, 0.25) is 0 Å². The van der Waals surface area contributed by atoms with Crippen molar-refractivity contribution in [2.45, 2.75) is 24.5 Å². The highest BCUT2D eigenvalue weighted by molar-refractivity contribution is 7.98. The van der Waals surface area contributed by atoms with Crippen LogP contribution >= 0.6 is 11.8 Å². The normalized spacial score (nSPS) is 12.3. The zero-order chi connectivity index (χ0) is 17.6. The number of rotatable bonds is 8. The standard InChI is InChI=1S/C16H22N4O2S2/c1-12-3-5-14(6-4-12)24(21,22)10-16(17)18-7-8-23-9-15-13(2)19-11-20-15/h3-6,10-11,18H,7-9,17H2,1-2H3,(H,19,20). The number of hydrogen-bond donors (Lipinski definition) is 3. The summed E-state index contributed by atoms with van der Waals surface area (Å²) in [6.07, 6.45) is 1.68. The van der Waals surface area contributed by atoms with Gasteiger partial charge in [0.05, 0.1) is 22.3 Å². The zero-order valence-electron chi connectivity index (χ0n) is 13.7. The number of sulfone groups is 1. The molecule has 0 amide bonds. The maximum Gasteiger partial charge on any atom is 0.203 e. The molecule has 0 radical (unpaired) electrons. The van der Waals surface area contributed by atoms with Gasteiger partial charge in [0.25, 0.3) is 0 Å². The average molecular weight is 367 g/mol. The number of nitrogens with one attached hydrogen (secondary N) is 2. The number of thioether (sulfide) groups is 1. The summed E-state index contributed by atoms with van der Waals surface area (Å²) in [7, 11) is -3.53. The molecule has 0 fully saturated rings. The highest BCUT2D eigenvalue weighted by atomic mass is 32.2.